The highest BCUT2D eigenvalue weighted by Crippen LogP contribution is 2.33. The fourth-order valence-corrected chi connectivity index (χ4v) is 2.41. The lowest BCUT2D eigenvalue weighted by molar-refractivity contribution is -0.389. The number of hydrogen-bond acceptors (Lipinski definition) is 5. The predicted octanol–water partition coefficient (Wildman–Crippen LogP) is 3.14. The Bertz CT molecular complexity index is 331. The van der Waals surface area contributed by atoms with Gasteiger partial charge in [-0.2, -0.15) is 0 Å². The molecule has 0 atom stereocenters. The van der Waals surface area contributed by atoms with E-state index in [1.165, 1.54) is 16.9 Å². The molecule has 0 saturated carbocycles. The maximum absolute atomic E-state index is 10.4. The molecule has 0 amide bonds. The van der Waals surface area contributed by atoms with E-state index in [2.05, 4.69) is 18.8 Å². The van der Waals surface area contributed by atoms with Gasteiger partial charge in [0.25, 0.3) is 0 Å². The summed E-state index contributed by atoms with van der Waals surface area (Å²) in [5.74, 6) is -0.0978. The van der Waals surface area contributed by atoms with Gasteiger partial charge in [-0.15, -0.1) is 0 Å². The number of nitrogens with zero attached hydrogens (tertiary/aromatic N) is 2. The molecule has 0 N–H and O–H groups in total. The highest BCUT2D eigenvalue weighted by Gasteiger charge is 2.10. The third-order valence-electron chi connectivity index (χ3n) is 1.22. The second kappa shape index (κ2) is 5.21. The Morgan fingerprint density at radius 3 is 2.79 bits per heavy atom. The van der Waals surface area contributed by atoms with Crippen molar-refractivity contribution in [1.82, 2.24) is 4.98 Å². The van der Waals surface area contributed by atoms with Crippen LogP contribution in [-0.4, -0.2) is 15.2 Å². The molecule has 1 aromatic heterocycles. The Morgan fingerprint density at radius 2 is 2.21 bits per heavy atom. The number of pyridine rings is 1. The van der Waals surface area contributed by atoms with Gasteiger partial charge in [-0.1, -0.05) is 24.6 Å². The van der Waals surface area contributed by atoms with Gasteiger partial charge in [0.15, 0.2) is 0 Å². The van der Waals surface area contributed by atoms with Crippen LogP contribution in [0.5, 0.6) is 0 Å². The zero-order valence-corrected chi connectivity index (χ0v) is 9.47. The van der Waals surface area contributed by atoms with Crippen molar-refractivity contribution >= 4 is 27.4 Å². The van der Waals surface area contributed by atoms with Crippen LogP contribution in [0.25, 0.3) is 0 Å². The molecule has 0 aromatic carbocycles. The van der Waals surface area contributed by atoms with Crippen LogP contribution in [0.4, 0.5) is 5.82 Å². The number of hydrogen-bond donors (Lipinski definition) is 0. The van der Waals surface area contributed by atoms with Crippen molar-refractivity contribution < 1.29 is 4.92 Å². The van der Waals surface area contributed by atoms with Crippen molar-refractivity contribution in [3.63, 3.8) is 0 Å². The van der Waals surface area contributed by atoms with Crippen molar-refractivity contribution in [2.45, 2.75) is 24.1 Å². The van der Waals surface area contributed by atoms with Crippen LogP contribution in [0.15, 0.2) is 23.2 Å². The van der Waals surface area contributed by atoms with Crippen molar-refractivity contribution in [3.05, 3.63) is 28.3 Å². The molecule has 1 aromatic rings. The van der Waals surface area contributed by atoms with Gasteiger partial charge in [0.2, 0.25) is 5.03 Å². The molecule has 1 heterocycles. The van der Waals surface area contributed by atoms with E-state index in [1.807, 2.05) is 0 Å². The molecule has 6 heteroatoms. The molecular weight excluding hydrogens is 220 g/mol. The van der Waals surface area contributed by atoms with Crippen LogP contribution in [0, 0.1) is 10.1 Å². The van der Waals surface area contributed by atoms with Gasteiger partial charge in [0, 0.05) is 11.3 Å². The topological polar surface area (TPSA) is 56.0 Å². The van der Waals surface area contributed by atoms with Gasteiger partial charge in [-0.3, -0.25) is 0 Å². The van der Waals surface area contributed by atoms with Crippen LogP contribution < -0.4 is 0 Å². The summed E-state index contributed by atoms with van der Waals surface area (Å²) in [6.45, 7) is 4.13. The first-order chi connectivity index (χ1) is 6.59. The van der Waals surface area contributed by atoms with Crippen molar-refractivity contribution in [3.8, 4) is 0 Å². The van der Waals surface area contributed by atoms with Crippen LogP contribution in [0.1, 0.15) is 13.8 Å². The molecule has 0 fully saturated rings. The molecule has 0 saturated heterocycles. The molecule has 76 valence electrons. The summed E-state index contributed by atoms with van der Waals surface area (Å²) in [5, 5.41) is 11.6. The molecule has 0 aliphatic carbocycles. The van der Waals surface area contributed by atoms with Crippen molar-refractivity contribution in [2.75, 3.05) is 0 Å². The minimum atomic E-state index is -0.482. The molecule has 4 nitrogen and oxygen atoms in total. The van der Waals surface area contributed by atoms with Crippen molar-refractivity contribution in [2.24, 2.45) is 0 Å². The second-order valence-corrected chi connectivity index (χ2v) is 5.62. The highest BCUT2D eigenvalue weighted by atomic mass is 33.1. The molecule has 14 heavy (non-hydrogen) atoms. The van der Waals surface area contributed by atoms with Gasteiger partial charge in [0.05, 0.1) is 0 Å². The summed E-state index contributed by atoms with van der Waals surface area (Å²) in [5.41, 5.74) is 0. The van der Waals surface area contributed by atoms with Gasteiger partial charge < -0.3 is 10.1 Å². The monoisotopic (exact) mass is 230 g/mol. The van der Waals surface area contributed by atoms with E-state index in [0.717, 1.165) is 0 Å². The minimum Gasteiger partial charge on any atom is -0.358 e. The smallest absolute Gasteiger partial charge is 0.358 e. The Balaban J connectivity index is 2.69. The van der Waals surface area contributed by atoms with E-state index in [1.54, 1.807) is 22.9 Å². The van der Waals surface area contributed by atoms with Crippen LogP contribution in [-0.2, 0) is 0 Å². The van der Waals surface area contributed by atoms with Crippen LogP contribution in [0.2, 0.25) is 0 Å². The van der Waals surface area contributed by atoms with Crippen molar-refractivity contribution in [1.29, 1.82) is 0 Å². The van der Waals surface area contributed by atoms with Gasteiger partial charge in [-0.25, -0.2) is 0 Å². The van der Waals surface area contributed by atoms with E-state index < -0.39 is 4.92 Å². The molecular formula is C8H10N2O2S2. The summed E-state index contributed by atoms with van der Waals surface area (Å²) in [4.78, 5) is 13.8. The Hall–Kier alpha value is -0.750. The summed E-state index contributed by atoms with van der Waals surface area (Å²) >= 11 is 0. The quantitative estimate of drug-likeness (QED) is 0.452. The fourth-order valence-electron chi connectivity index (χ4n) is 0.698. The molecule has 1 rings (SSSR count). The van der Waals surface area contributed by atoms with E-state index >= 15 is 0 Å². The molecule has 0 aliphatic rings. The van der Waals surface area contributed by atoms with Gasteiger partial charge in [-0.05, 0) is 32.8 Å². The fraction of sp³-hybridized carbons (Fsp3) is 0.375. The van der Waals surface area contributed by atoms with E-state index in [4.69, 9.17) is 0 Å². The molecule has 0 aliphatic heterocycles. The second-order valence-electron chi connectivity index (χ2n) is 2.82. The summed E-state index contributed by atoms with van der Waals surface area (Å²) in [7, 11) is 3.10. The van der Waals surface area contributed by atoms with Crippen LogP contribution >= 0.6 is 21.6 Å². The van der Waals surface area contributed by atoms with E-state index in [-0.39, 0.29) is 5.82 Å². The summed E-state index contributed by atoms with van der Waals surface area (Å²) in [6.07, 6.45) is 0. The normalized spacial score (nSPS) is 10.5. The third kappa shape index (κ3) is 3.55. The number of rotatable bonds is 4. The third-order valence-corrected chi connectivity index (χ3v) is 4.06. The molecule has 0 radical (unpaired) electrons. The Labute approximate surface area is 90.0 Å². The van der Waals surface area contributed by atoms with E-state index in [0.29, 0.717) is 10.3 Å². The molecule has 0 spiro atoms. The predicted molar refractivity (Wildman–Crippen MR) is 59.5 cm³/mol. The number of nitro groups is 1. The van der Waals surface area contributed by atoms with Gasteiger partial charge in [0.1, 0.15) is 0 Å². The lowest BCUT2D eigenvalue weighted by Gasteiger charge is -1.99. The van der Waals surface area contributed by atoms with E-state index in [9.17, 15) is 10.1 Å². The summed E-state index contributed by atoms with van der Waals surface area (Å²) < 4.78 is 0. The van der Waals surface area contributed by atoms with Gasteiger partial charge >= 0.3 is 5.82 Å². The zero-order valence-electron chi connectivity index (χ0n) is 7.84. The minimum absolute atomic E-state index is 0.0978. The largest absolute Gasteiger partial charge is 0.364 e. The first-order valence-electron chi connectivity index (χ1n) is 4.04. The zero-order chi connectivity index (χ0) is 10.6. The lowest BCUT2D eigenvalue weighted by atomic mass is 10.5. The SMILES string of the molecule is CC(C)SSc1cccc([N+](=O)[O-])n1. The maximum atomic E-state index is 10.4. The molecule has 0 bridgehead atoms. The first kappa shape index (κ1) is 11.3. The van der Waals surface area contributed by atoms with Crippen LogP contribution in [0.3, 0.4) is 0 Å². The first-order valence-corrected chi connectivity index (χ1v) is 6.25. The Kier molecular flexibility index (Phi) is 4.21. The highest BCUT2D eigenvalue weighted by molar-refractivity contribution is 8.76. The maximum Gasteiger partial charge on any atom is 0.364 e. The standard InChI is InChI=1S/C8H10N2O2S2/c1-6(2)13-14-8-5-3-4-7(9-8)10(11)12/h3-6H,1-2H3. The molecule has 0 unspecified atom stereocenters. The Morgan fingerprint density at radius 1 is 1.50 bits per heavy atom. The average molecular weight is 230 g/mol. The lowest BCUT2D eigenvalue weighted by Crippen LogP contribution is -1.92. The average Bonchev–Trinajstić information content (AvgIpc) is 2.15. The number of aromatic nitrogens is 1. The summed E-state index contributed by atoms with van der Waals surface area (Å²) in [6, 6.07) is 4.81.